The van der Waals surface area contributed by atoms with Crippen molar-refractivity contribution in [2.75, 3.05) is 6.26 Å². The van der Waals surface area contributed by atoms with Crippen molar-refractivity contribution in [2.24, 2.45) is 0 Å². The van der Waals surface area contributed by atoms with Crippen LogP contribution in [0.25, 0.3) is 10.7 Å². The molecule has 2 rings (SSSR count). The van der Waals surface area contributed by atoms with E-state index in [0.29, 0.717) is 11.0 Å². The Balaban J connectivity index is 2.35. The molecule has 0 saturated carbocycles. The summed E-state index contributed by atoms with van der Waals surface area (Å²) in [6.07, 6.45) is 1.91. The van der Waals surface area contributed by atoms with E-state index >= 15 is 0 Å². The van der Waals surface area contributed by atoms with Crippen LogP contribution in [-0.4, -0.2) is 16.4 Å². The molecule has 0 spiro atoms. The smallest absolute Gasteiger partial charge is 0.285 e. The topological polar surface area (TPSA) is 38.9 Å². The van der Waals surface area contributed by atoms with Crippen LogP contribution in [0.2, 0.25) is 0 Å². The first-order valence-electron chi connectivity index (χ1n) is 3.32. The van der Waals surface area contributed by atoms with E-state index in [0.717, 1.165) is 4.88 Å². The van der Waals surface area contributed by atoms with Crippen LogP contribution < -0.4 is 0 Å². The van der Waals surface area contributed by atoms with Crippen LogP contribution in [-0.2, 0) is 0 Å². The number of thioether (sulfide) groups is 1. The first-order valence-corrected chi connectivity index (χ1v) is 5.42. The van der Waals surface area contributed by atoms with Gasteiger partial charge < -0.3 is 4.52 Å². The van der Waals surface area contributed by atoms with E-state index in [1.54, 1.807) is 11.3 Å². The van der Waals surface area contributed by atoms with Gasteiger partial charge in [-0.1, -0.05) is 23.0 Å². The van der Waals surface area contributed by atoms with Gasteiger partial charge in [-0.05, 0) is 17.7 Å². The minimum Gasteiger partial charge on any atom is -0.327 e. The largest absolute Gasteiger partial charge is 0.327 e. The maximum absolute atomic E-state index is 4.95. The van der Waals surface area contributed by atoms with Gasteiger partial charge in [0.2, 0.25) is 5.82 Å². The van der Waals surface area contributed by atoms with Gasteiger partial charge in [0.15, 0.2) is 0 Å². The van der Waals surface area contributed by atoms with Crippen molar-refractivity contribution in [1.82, 2.24) is 10.1 Å². The van der Waals surface area contributed by atoms with Gasteiger partial charge in [-0.2, -0.15) is 4.98 Å². The molecule has 5 heteroatoms. The fourth-order valence-corrected chi connectivity index (χ4v) is 1.74. The van der Waals surface area contributed by atoms with Gasteiger partial charge in [-0.15, -0.1) is 11.3 Å². The third-order valence-electron chi connectivity index (χ3n) is 1.32. The molecule has 0 bridgehead atoms. The normalized spacial score (nSPS) is 10.4. The van der Waals surface area contributed by atoms with Gasteiger partial charge in [-0.3, -0.25) is 0 Å². The summed E-state index contributed by atoms with van der Waals surface area (Å²) in [6, 6.07) is 3.94. The molecule has 0 fully saturated rings. The molecule has 0 amide bonds. The second-order valence-electron chi connectivity index (χ2n) is 2.07. The first kappa shape index (κ1) is 7.82. The van der Waals surface area contributed by atoms with E-state index < -0.39 is 0 Å². The summed E-state index contributed by atoms with van der Waals surface area (Å²) in [5.74, 6) is 0.675. The Hall–Kier alpha value is -0.810. The van der Waals surface area contributed by atoms with Gasteiger partial charge in [-0.25, -0.2) is 0 Å². The molecule has 0 aliphatic carbocycles. The highest BCUT2D eigenvalue weighted by molar-refractivity contribution is 7.98. The van der Waals surface area contributed by atoms with Crippen LogP contribution in [0.5, 0.6) is 0 Å². The standard InChI is InChI=1S/C7H6N2OS2/c1-11-7-8-6(9-10-7)5-3-2-4-12-5/h2-4H,1H3. The third-order valence-corrected chi connectivity index (χ3v) is 2.70. The summed E-state index contributed by atoms with van der Waals surface area (Å²) in [4.78, 5) is 5.21. The second kappa shape index (κ2) is 3.28. The number of aromatic nitrogens is 2. The molecule has 12 heavy (non-hydrogen) atoms. The minimum absolute atomic E-state index is 0.610. The van der Waals surface area contributed by atoms with Crippen LogP contribution in [0.3, 0.4) is 0 Å². The molecule has 0 aliphatic rings. The van der Waals surface area contributed by atoms with E-state index in [-0.39, 0.29) is 0 Å². The van der Waals surface area contributed by atoms with Crippen molar-refractivity contribution in [3.05, 3.63) is 17.5 Å². The lowest BCUT2D eigenvalue weighted by atomic mass is 10.5. The molecule has 0 N–H and O–H groups in total. The highest BCUT2D eigenvalue weighted by Crippen LogP contribution is 2.23. The zero-order valence-electron chi connectivity index (χ0n) is 6.35. The summed E-state index contributed by atoms with van der Waals surface area (Å²) in [5.41, 5.74) is 0. The molecule has 0 aromatic carbocycles. The maximum atomic E-state index is 4.95. The van der Waals surface area contributed by atoms with E-state index in [4.69, 9.17) is 4.52 Å². The Morgan fingerprint density at radius 3 is 3.08 bits per heavy atom. The molecule has 0 saturated heterocycles. The Kier molecular flexibility index (Phi) is 2.14. The van der Waals surface area contributed by atoms with Crippen molar-refractivity contribution in [3.63, 3.8) is 0 Å². The quantitative estimate of drug-likeness (QED) is 0.695. The van der Waals surface area contributed by atoms with Crippen molar-refractivity contribution in [2.45, 2.75) is 5.22 Å². The highest BCUT2D eigenvalue weighted by Gasteiger charge is 2.07. The van der Waals surface area contributed by atoms with Crippen LogP contribution in [0, 0.1) is 0 Å². The minimum atomic E-state index is 0.610. The molecule has 2 aromatic heterocycles. The monoisotopic (exact) mass is 198 g/mol. The molecule has 2 aromatic rings. The number of rotatable bonds is 2. The van der Waals surface area contributed by atoms with Crippen molar-refractivity contribution in [1.29, 1.82) is 0 Å². The Labute approximate surface area is 77.8 Å². The third kappa shape index (κ3) is 1.37. The molecule has 3 nitrogen and oxygen atoms in total. The lowest BCUT2D eigenvalue weighted by molar-refractivity contribution is 0.342. The summed E-state index contributed by atoms with van der Waals surface area (Å²) < 4.78 is 4.95. The molecule has 0 unspecified atom stereocenters. The van der Waals surface area contributed by atoms with E-state index in [2.05, 4.69) is 10.1 Å². The maximum Gasteiger partial charge on any atom is 0.285 e. The fourth-order valence-electron chi connectivity index (χ4n) is 0.798. The van der Waals surface area contributed by atoms with Crippen LogP contribution in [0.15, 0.2) is 27.3 Å². The van der Waals surface area contributed by atoms with Crippen molar-refractivity contribution in [3.8, 4) is 10.7 Å². The summed E-state index contributed by atoms with van der Waals surface area (Å²) in [7, 11) is 0. The zero-order valence-corrected chi connectivity index (χ0v) is 7.98. The van der Waals surface area contributed by atoms with E-state index in [1.807, 2.05) is 23.8 Å². The van der Waals surface area contributed by atoms with Gasteiger partial charge >= 0.3 is 0 Å². The van der Waals surface area contributed by atoms with Crippen LogP contribution >= 0.6 is 23.1 Å². The molecule has 0 radical (unpaired) electrons. The summed E-state index contributed by atoms with van der Waals surface area (Å²) >= 11 is 3.06. The van der Waals surface area contributed by atoms with E-state index in [9.17, 15) is 0 Å². The molecule has 2 heterocycles. The molecule has 0 aliphatic heterocycles. The van der Waals surface area contributed by atoms with Gasteiger partial charge in [0, 0.05) is 0 Å². The SMILES string of the molecule is CSc1nc(-c2cccs2)no1. The number of nitrogens with zero attached hydrogens (tertiary/aromatic N) is 2. The first-order chi connectivity index (χ1) is 5.90. The lowest BCUT2D eigenvalue weighted by Gasteiger charge is -1.81. The predicted octanol–water partition coefficient (Wildman–Crippen LogP) is 2.52. The average Bonchev–Trinajstić information content (AvgIpc) is 2.75. The van der Waals surface area contributed by atoms with Crippen molar-refractivity contribution >= 4 is 23.1 Å². The Morgan fingerprint density at radius 1 is 1.58 bits per heavy atom. The van der Waals surface area contributed by atoms with E-state index in [1.165, 1.54) is 11.8 Å². The molecule has 0 atom stereocenters. The average molecular weight is 198 g/mol. The summed E-state index contributed by atoms with van der Waals surface area (Å²) in [5, 5.41) is 6.43. The number of hydrogen-bond donors (Lipinski definition) is 0. The van der Waals surface area contributed by atoms with Gasteiger partial charge in [0.05, 0.1) is 4.88 Å². The van der Waals surface area contributed by atoms with Gasteiger partial charge in [0.25, 0.3) is 5.22 Å². The van der Waals surface area contributed by atoms with Crippen LogP contribution in [0.1, 0.15) is 0 Å². The van der Waals surface area contributed by atoms with Crippen molar-refractivity contribution < 1.29 is 4.52 Å². The summed E-state index contributed by atoms with van der Waals surface area (Å²) in [6.45, 7) is 0. The predicted molar refractivity (Wildman–Crippen MR) is 49.4 cm³/mol. The molecule has 62 valence electrons. The van der Waals surface area contributed by atoms with Crippen LogP contribution in [0.4, 0.5) is 0 Å². The fraction of sp³-hybridized carbons (Fsp3) is 0.143. The number of hydrogen-bond acceptors (Lipinski definition) is 5. The lowest BCUT2D eigenvalue weighted by Crippen LogP contribution is -1.73. The number of thiophene rings is 1. The highest BCUT2D eigenvalue weighted by atomic mass is 32.2. The Bertz CT molecular complexity index is 355. The second-order valence-corrected chi connectivity index (χ2v) is 3.77. The van der Waals surface area contributed by atoms with Gasteiger partial charge in [0.1, 0.15) is 0 Å². The Morgan fingerprint density at radius 2 is 2.50 bits per heavy atom. The zero-order chi connectivity index (χ0) is 8.39. The molecular formula is C7H6N2OS2. The molecular weight excluding hydrogens is 192 g/mol.